The maximum atomic E-state index is 12.2. The van der Waals surface area contributed by atoms with Crippen LogP contribution in [0, 0.1) is 12.3 Å². The molecule has 0 radical (unpaired) electrons. The lowest BCUT2D eigenvalue weighted by molar-refractivity contribution is -0.129. The highest BCUT2D eigenvalue weighted by Gasteiger charge is 2.30. The van der Waals surface area contributed by atoms with Gasteiger partial charge >= 0.3 is 0 Å². The molecule has 1 saturated heterocycles. The van der Waals surface area contributed by atoms with Crippen LogP contribution in [0.25, 0.3) is 0 Å². The first-order valence-electron chi connectivity index (χ1n) is 7.72. The molecule has 2 amide bonds. The Hall–Kier alpha value is -2.08. The van der Waals surface area contributed by atoms with E-state index in [1.807, 2.05) is 52.0 Å². The van der Waals surface area contributed by atoms with Crippen LogP contribution in [0.15, 0.2) is 35.4 Å². The average Bonchev–Trinajstić information content (AvgIpc) is 2.81. The van der Waals surface area contributed by atoms with Crippen LogP contribution >= 0.6 is 11.8 Å². The van der Waals surface area contributed by atoms with Crippen molar-refractivity contribution in [1.82, 2.24) is 4.90 Å². The first kappa shape index (κ1) is 18.3. The number of amides is 2. The second kappa shape index (κ2) is 7.21. The van der Waals surface area contributed by atoms with E-state index in [4.69, 9.17) is 0 Å². The zero-order valence-electron chi connectivity index (χ0n) is 14.4. The number of carbonyl (C=O) groups is 3. The minimum absolute atomic E-state index is 0.0661. The predicted molar refractivity (Wildman–Crippen MR) is 96.5 cm³/mol. The van der Waals surface area contributed by atoms with E-state index < -0.39 is 5.41 Å². The Kier molecular flexibility index (Phi) is 5.49. The number of ketones is 1. The van der Waals surface area contributed by atoms with Crippen molar-refractivity contribution in [2.24, 2.45) is 5.41 Å². The lowest BCUT2D eigenvalue weighted by Gasteiger charge is -2.19. The molecule has 1 aliphatic heterocycles. The maximum absolute atomic E-state index is 12.2. The maximum Gasteiger partial charge on any atom is 0.244 e. The van der Waals surface area contributed by atoms with Crippen molar-refractivity contribution in [2.75, 3.05) is 17.6 Å². The number of aryl methyl sites for hydroxylation is 1. The van der Waals surface area contributed by atoms with Gasteiger partial charge in [-0.15, -0.1) is 0 Å². The quantitative estimate of drug-likeness (QED) is 0.851. The highest BCUT2D eigenvalue weighted by Crippen LogP contribution is 2.30. The number of hydrogen-bond acceptors (Lipinski definition) is 4. The molecule has 0 unspecified atom stereocenters. The third kappa shape index (κ3) is 4.71. The van der Waals surface area contributed by atoms with Crippen LogP contribution in [-0.4, -0.2) is 34.8 Å². The molecule has 1 fully saturated rings. The number of anilines is 1. The molecule has 2 rings (SSSR count). The van der Waals surface area contributed by atoms with Gasteiger partial charge in [-0.05, 0) is 19.1 Å². The Labute approximate surface area is 146 Å². The molecule has 1 heterocycles. The van der Waals surface area contributed by atoms with Gasteiger partial charge in [0.05, 0.1) is 10.8 Å². The number of nitrogens with one attached hydrogen (secondary N) is 1. The zero-order valence-corrected chi connectivity index (χ0v) is 15.2. The third-order valence-electron chi connectivity index (χ3n) is 3.54. The van der Waals surface area contributed by atoms with Gasteiger partial charge in [-0.2, -0.15) is 0 Å². The zero-order chi connectivity index (χ0) is 17.9. The van der Waals surface area contributed by atoms with E-state index in [9.17, 15) is 14.4 Å². The normalized spacial score (nSPS) is 16.6. The van der Waals surface area contributed by atoms with Gasteiger partial charge in [0.15, 0.2) is 5.78 Å². The minimum atomic E-state index is -0.519. The molecule has 0 bridgehead atoms. The molecular weight excluding hydrogens is 324 g/mol. The van der Waals surface area contributed by atoms with Gasteiger partial charge in [0, 0.05) is 17.2 Å². The Morgan fingerprint density at radius 1 is 1.25 bits per heavy atom. The van der Waals surface area contributed by atoms with Crippen molar-refractivity contribution in [2.45, 2.75) is 27.7 Å². The SMILES string of the molecule is Cc1ccc(NC(=O)CN2C(=O)CS/C2=C\C(=O)C(C)(C)C)cc1. The van der Waals surface area contributed by atoms with E-state index in [1.165, 1.54) is 22.7 Å². The Morgan fingerprint density at radius 3 is 2.46 bits per heavy atom. The molecule has 5 nitrogen and oxygen atoms in total. The van der Waals surface area contributed by atoms with E-state index in [0.717, 1.165) is 5.56 Å². The molecule has 24 heavy (non-hydrogen) atoms. The number of nitrogens with zero attached hydrogens (tertiary/aromatic N) is 1. The molecule has 0 aromatic heterocycles. The summed E-state index contributed by atoms with van der Waals surface area (Å²) in [7, 11) is 0. The fraction of sp³-hybridized carbons (Fsp3) is 0.389. The Balaban J connectivity index is 2.06. The number of benzene rings is 1. The van der Waals surface area contributed by atoms with E-state index in [2.05, 4.69) is 5.32 Å². The average molecular weight is 346 g/mol. The van der Waals surface area contributed by atoms with Crippen LogP contribution < -0.4 is 5.32 Å². The van der Waals surface area contributed by atoms with Gasteiger partial charge in [-0.3, -0.25) is 19.3 Å². The van der Waals surface area contributed by atoms with Gasteiger partial charge in [-0.1, -0.05) is 50.2 Å². The molecule has 0 atom stereocenters. The fourth-order valence-electron chi connectivity index (χ4n) is 2.01. The van der Waals surface area contributed by atoms with Gasteiger partial charge in [-0.25, -0.2) is 0 Å². The molecular formula is C18H22N2O3S. The molecule has 0 spiro atoms. The van der Waals surface area contributed by atoms with E-state index in [1.54, 1.807) is 0 Å². The van der Waals surface area contributed by atoms with Crippen LogP contribution in [0.2, 0.25) is 0 Å². The number of carbonyl (C=O) groups excluding carboxylic acids is 3. The number of thioether (sulfide) groups is 1. The molecule has 128 valence electrons. The first-order valence-corrected chi connectivity index (χ1v) is 8.71. The largest absolute Gasteiger partial charge is 0.325 e. The van der Waals surface area contributed by atoms with E-state index in [-0.39, 0.29) is 29.9 Å². The van der Waals surface area contributed by atoms with Crippen LogP contribution in [0.4, 0.5) is 5.69 Å². The third-order valence-corrected chi connectivity index (χ3v) is 4.57. The fourth-order valence-corrected chi connectivity index (χ4v) is 2.95. The van der Waals surface area contributed by atoms with Gasteiger partial charge < -0.3 is 5.32 Å². The van der Waals surface area contributed by atoms with Crippen molar-refractivity contribution in [1.29, 1.82) is 0 Å². The summed E-state index contributed by atoms with van der Waals surface area (Å²) in [4.78, 5) is 37.7. The van der Waals surface area contributed by atoms with Crippen molar-refractivity contribution in [3.8, 4) is 0 Å². The molecule has 6 heteroatoms. The molecule has 0 aliphatic carbocycles. The van der Waals surface area contributed by atoms with Gasteiger partial charge in [0.25, 0.3) is 0 Å². The highest BCUT2D eigenvalue weighted by atomic mass is 32.2. The summed E-state index contributed by atoms with van der Waals surface area (Å²) < 4.78 is 0. The number of hydrogen-bond donors (Lipinski definition) is 1. The van der Waals surface area contributed by atoms with Crippen molar-refractivity contribution in [3.05, 3.63) is 40.9 Å². The predicted octanol–water partition coefficient (Wildman–Crippen LogP) is 2.97. The van der Waals surface area contributed by atoms with Gasteiger partial charge in [0.2, 0.25) is 11.8 Å². The summed E-state index contributed by atoms with van der Waals surface area (Å²) in [6.07, 6.45) is 1.47. The summed E-state index contributed by atoms with van der Waals surface area (Å²) in [6, 6.07) is 7.43. The standard InChI is InChI=1S/C18H22N2O3S/c1-12-5-7-13(8-6-12)19-15(22)10-20-16(23)11-24-17(20)9-14(21)18(2,3)4/h5-9H,10-11H2,1-4H3,(H,19,22)/b17-9-. The topological polar surface area (TPSA) is 66.5 Å². The molecule has 1 aliphatic rings. The Bertz CT molecular complexity index is 687. The highest BCUT2D eigenvalue weighted by molar-refractivity contribution is 8.04. The Morgan fingerprint density at radius 2 is 1.88 bits per heavy atom. The second-order valence-corrected chi connectivity index (χ2v) is 7.78. The number of allylic oxidation sites excluding steroid dienone is 1. The summed E-state index contributed by atoms with van der Waals surface area (Å²) in [6.45, 7) is 7.34. The molecule has 1 aromatic rings. The summed E-state index contributed by atoms with van der Waals surface area (Å²) in [5.74, 6) is -0.263. The summed E-state index contributed by atoms with van der Waals surface area (Å²) >= 11 is 1.29. The first-order chi connectivity index (χ1) is 11.2. The molecule has 1 N–H and O–H groups in total. The second-order valence-electron chi connectivity index (χ2n) is 6.78. The van der Waals surface area contributed by atoms with Crippen molar-refractivity contribution in [3.63, 3.8) is 0 Å². The minimum Gasteiger partial charge on any atom is -0.325 e. The van der Waals surface area contributed by atoms with Crippen LogP contribution in [0.5, 0.6) is 0 Å². The summed E-state index contributed by atoms with van der Waals surface area (Å²) in [5, 5.41) is 3.31. The van der Waals surface area contributed by atoms with E-state index in [0.29, 0.717) is 10.7 Å². The van der Waals surface area contributed by atoms with Crippen molar-refractivity contribution < 1.29 is 14.4 Å². The van der Waals surface area contributed by atoms with Crippen LogP contribution in [-0.2, 0) is 14.4 Å². The molecule has 0 saturated carbocycles. The molecule has 1 aromatic carbocycles. The smallest absolute Gasteiger partial charge is 0.244 e. The van der Waals surface area contributed by atoms with Crippen molar-refractivity contribution >= 4 is 35.0 Å². The lowest BCUT2D eigenvalue weighted by atomic mass is 9.91. The number of rotatable bonds is 4. The van der Waals surface area contributed by atoms with Crippen LogP contribution in [0.3, 0.4) is 0 Å². The lowest BCUT2D eigenvalue weighted by Crippen LogP contribution is -2.34. The van der Waals surface area contributed by atoms with E-state index >= 15 is 0 Å². The van der Waals surface area contributed by atoms with Gasteiger partial charge in [0.1, 0.15) is 6.54 Å². The monoisotopic (exact) mass is 346 g/mol. The summed E-state index contributed by atoms with van der Waals surface area (Å²) in [5.41, 5.74) is 1.26. The van der Waals surface area contributed by atoms with Crippen LogP contribution in [0.1, 0.15) is 26.3 Å².